The Morgan fingerprint density at radius 3 is 2.52 bits per heavy atom. The molecule has 1 heterocycles. The normalized spacial score (nSPS) is 23.6. The van der Waals surface area contributed by atoms with E-state index < -0.39 is 11.4 Å². The average molecular weight is 287 g/mol. The van der Waals surface area contributed by atoms with Gasteiger partial charge >= 0.3 is 5.97 Å². The van der Waals surface area contributed by atoms with Crippen molar-refractivity contribution in [3.63, 3.8) is 0 Å². The largest absolute Gasteiger partial charge is 0.481 e. The van der Waals surface area contributed by atoms with Gasteiger partial charge < -0.3 is 10.0 Å². The van der Waals surface area contributed by atoms with Crippen LogP contribution >= 0.6 is 0 Å². The van der Waals surface area contributed by atoms with E-state index >= 15 is 0 Å². The van der Waals surface area contributed by atoms with E-state index in [0.29, 0.717) is 18.8 Å². The second-order valence-corrected chi connectivity index (χ2v) is 6.35. The quantitative estimate of drug-likeness (QED) is 0.926. The van der Waals surface area contributed by atoms with Crippen molar-refractivity contribution in [3.8, 4) is 0 Å². The van der Waals surface area contributed by atoms with E-state index in [2.05, 4.69) is 12.1 Å². The minimum absolute atomic E-state index is 0.00975. The van der Waals surface area contributed by atoms with E-state index in [-0.39, 0.29) is 12.3 Å². The van der Waals surface area contributed by atoms with Gasteiger partial charge in [0.1, 0.15) is 0 Å². The van der Waals surface area contributed by atoms with Crippen LogP contribution in [0.4, 0.5) is 0 Å². The molecule has 1 unspecified atom stereocenters. The molecule has 0 bridgehead atoms. The number of carboxylic acids is 1. The second kappa shape index (κ2) is 5.51. The summed E-state index contributed by atoms with van der Waals surface area (Å²) < 4.78 is 0. The summed E-state index contributed by atoms with van der Waals surface area (Å²) in [4.78, 5) is 25.6. The van der Waals surface area contributed by atoms with E-state index in [0.717, 1.165) is 25.9 Å². The smallest absolute Gasteiger partial charge is 0.310 e. The summed E-state index contributed by atoms with van der Waals surface area (Å²) in [5, 5.41) is 9.33. The van der Waals surface area contributed by atoms with E-state index in [1.165, 1.54) is 5.56 Å². The average Bonchev–Trinajstić information content (AvgIpc) is 2.93. The highest BCUT2D eigenvalue weighted by atomic mass is 16.4. The van der Waals surface area contributed by atoms with Crippen molar-refractivity contribution in [2.24, 2.45) is 5.41 Å². The van der Waals surface area contributed by atoms with Crippen molar-refractivity contribution in [2.75, 3.05) is 13.1 Å². The Kier molecular flexibility index (Phi) is 3.70. The minimum atomic E-state index is -0.805. The van der Waals surface area contributed by atoms with Crippen LogP contribution in [0.2, 0.25) is 0 Å². The Morgan fingerprint density at radius 1 is 1.24 bits per heavy atom. The Morgan fingerprint density at radius 2 is 1.95 bits per heavy atom. The SMILES string of the molecule is O=C(CC1(C(=O)O)CCC1)N1CCC(c2ccccc2)C1. The van der Waals surface area contributed by atoms with Gasteiger partial charge in [0.05, 0.1) is 5.41 Å². The first kappa shape index (κ1) is 14.1. The number of hydrogen-bond acceptors (Lipinski definition) is 2. The summed E-state index contributed by atoms with van der Waals surface area (Å²) in [7, 11) is 0. The predicted octanol–water partition coefficient (Wildman–Crippen LogP) is 2.65. The van der Waals surface area contributed by atoms with E-state index in [1.807, 2.05) is 23.1 Å². The third-order valence-corrected chi connectivity index (χ3v) is 5.07. The highest BCUT2D eigenvalue weighted by molar-refractivity contribution is 5.85. The summed E-state index contributed by atoms with van der Waals surface area (Å²) in [6.45, 7) is 1.46. The van der Waals surface area contributed by atoms with Crippen LogP contribution in [0.25, 0.3) is 0 Å². The zero-order valence-corrected chi connectivity index (χ0v) is 12.1. The van der Waals surface area contributed by atoms with Crippen LogP contribution in [0.3, 0.4) is 0 Å². The van der Waals surface area contributed by atoms with Crippen molar-refractivity contribution in [2.45, 2.75) is 38.0 Å². The molecule has 1 aliphatic carbocycles. The molecular formula is C17H21NO3. The van der Waals surface area contributed by atoms with Crippen molar-refractivity contribution in [1.29, 1.82) is 0 Å². The van der Waals surface area contributed by atoms with Crippen molar-refractivity contribution in [3.05, 3.63) is 35.9 Å². The molecule has 1 aromatic carbocycles. The molecule has 4 nitrogen and oxygen atoms in total. The topological polar surface area (TPSA) is 57.6 Å². The second-order valence-electron chi connectivity index (χ2n) is 6.35. The van der Waals surface area contributed by atoms with Gasteiger partial charge in [0.2, 0.25) is 5.91 Å². The van der Waals surface area contributed by atoms with Crippen LogP contribution in [0, 0.1) is 5.41 Å². The number of likely N-dealkylation sites (tertiary alicyclic amines) is 1. The molecule has 3 rings (SSSR count). The maximum atomic E-state index is 12.4. The lowest BCUT2D eigenvalue weighted by Gasteiger charge is -2.38. The Labute approximate surface area is 124 Å². The lowest BCUT2D eigenvalue weighted by Crippen LogP contribution is -2.43. The molecule has 1 amide bonds. The van der Waals surface area contributed by atoms with Gasteiger partial charge in [-0.05, 0) is 24.8 Å². The van der Waals surface area contributed by atoms with Crippen LogP contribution in [-0.2, 0) is 9.59 Å². The summed E-state index contributed by atoms with van der Waals surface area (Å²) in [6.07, 6.45) is 3.35. The summed E-state index contributed by atoms with van der Waals surface area (Å²) in [5.41, 5.74) is 0.492. The van der Waals surface area contributed by atoms with E-state index in [1.54, 1.807) is 0 Å². The predicted molar refractivity (Wildman–Crippen MR) is 78.9 cm³/mol. The zero-order valence-electron chi connectivity index (χ0n) is 12.1. The maximum absolute atomic E-state index is 12.4. The van der Waals surface area contributed by atoms with Gasteiger partial charge in [-0.15, -0.1) is 0 Å². The van der Waals surface area contributed by atoms with E-state index in [4.69, 9.17) is 0 Å². The molecular weight excluding hydrogens is 266 g/mol. The third-order valence-electron chi connectivity index (χ3n) is 5.07. The number of carbonyl (C=O) groups is 2. The molecule has 1 saturated carbocycles. The monoisotopic (exact) mass is 287 g/mol. The standard InChI is InChI=1S/C17H21NO3/c19-15(11-17(16(20)21)8-4-9-17)18-10-7-14(12-18)13-5-2-1-3-6-13/h1-3,5-6,14H,4,7-12H2,(H,20,21). The van der Waals surface area contributed by atoms with Crippen LogP contribution in [0.5, 0.6) is 0 Å². The van der Waals surface area contributed by atoms with Gasteiger partial charge in [-0.25, -0.2) is 0 Å². The summed E-state index contributed by atoms with van der Waals surface area (Å²) in [5.74, 6) is -0.409. The van der Waals surface area contributed by atoms with Gasteiger partial charge in [0.15, 0.2) is 0 Å². The highest BCUT2D eigenvalue weighted by Crippen LogP contribution is 2.45. The molecule has 2 aliphatic rings. The lowest BCUT2D eigenvalue weighted by molar-refractivity contribution is -0.159. The molecule has 2 fully saturated rings. The first-order valence-electron chi connectivity index (χ1n) is 7.67. The number of hydrogen-bond donors (Lipinski definition) is 1. The van der Waals surface area contributed by atoms with Gasteiger partial charge in [-0.1, -0.05) is 36.8 Å². The summed E-state index contributed by atoms with van der Waals surface area (Å²) >= 11 is 0. The van der Waals surface area contributed by atoms with Crippen molar-refractivity contribution >= 4 is 11.9 Å². The highest BCUT2D eigenvalue weighted by Gasteiger charge is 2.47. The summed E-state index contributed by atoms with van der Waals surface area (Å²) in [6, 6.07) is 10.2. The maximum Gasteiger partial charge on any atom is 0.310 e. The molecule has 4 heteroatoms. The van der Waals surface area contributed by atoms with Crippen LogP contribution in [-0.4, -0.2) is 35.0 Å². The molecule has 1 aliphatic heterocycles. The first-order valence-corrected chi connectivity index (χ1v) is 7.67. The van der Waals surface area contributed by atoms with Crippen molar-refractivity contribution < 1.29 is 14.7 Å². The van der Waals surface area contributed by atoms with Crippen LogP contribution in [0.1, 0.15) is 43.6 Å². The Hall–Kier alpha value is -1.84. The zero-order chi connectivity index (χ0) is 14.9. The number of carbonyl (C=O) groups excluding carboxylic acids is 1. The first-order chi connectivity index (χ1) is 10.1. The molecule has 0 spiro atoms. The molecule has 1 saturated heterocycles. The van der Waals surface area contributed by atoms with Crippen LogP contribution in [0.15, 0.2) is 30.3 Å². The number of benzene rings is 1. The Bertz CT molecular complexity index is 536. The minimum Gasteiger partial charge on any atom is -0.481 e. The fourth-order valence-corrected chi connectivity index (χ4v) is 3.46. The molecule has 1 atom stereocenters. The van der Waals surface area contributed by atoms with Gasteiger partial charge in [0.25, 0.3) is 0 Å². The van der Waals surface area contributed by atoms with Crippen LogP contribution < -0.4 is 0 Å². The number of carboxylic acid groups (broad SMARTS) is 1. The molecule has 1 N–H and O–H groups in total. The van der Waals surface area contributed by atoms with E-state index in [9.17, 15) is 14.7 Å². The number of amides is 1. The fraction of sp³-hybridized carbons (Fsp3) is 0.529. The molecule has 1 aromatic rings. The van der Waals surface area contributed by atoms with Gasteiger partial charge in [-0.2, -0.15) is 0 Å². The van der Waals surface area contributed by atoms with Crippen molar-refractivity contribution in [1.82, 2.24) is 4.90 Å². The number of aliphatic carboxylic acids is 1. The van der Waals surface area contributed by atoms with Gasteiger partial charge in [0, 0.05) is 25.4 Å². The van der Waals surface area contributed by atoms with Gasteiger partial charge in [-0.3, -0.25) is 9.59 Å². The molecule has 0 radical (unpaired) electrons. The molecule has 0 aromatic heterocycles. The lowest BCUT2D eigenvalue weighted by atomic mass is 9.66. The Balaban J connectivity index is 1.61. The fourth-order valence-electron chi connectivity index (χ4n) is 3.46. The molecule has 112 valence electrons. The number of nitrogens with zero attached hydrogens (tertiary/aromatic N) is 1. The third kappa shape index (κ3) is 2.67. The molecule has 21 heavy (non-hydrogen) atoms. The number of rotatable bonds is 4.